The molecule has 1 rings (SSSR count). The number of ketones is 1. The van der Waals surface area contributed by atoms with Crippen LogP contribution in [0, 0.1) is 0 Å². The molecule has 0 radical (unpaired) electrons. The van der Waals surface area contributed by atoms with Gasteiger partial charge in [-0.2, -0.15) is 0 Å². The number of nitrogens with one attached hydrogen (secondary N) is 1. The molecule has 3 heteroatoms. The van der Waals surface area contributed by atoms with E-state index in [1.54, 1.807) is 0 Å². The van der Waals surface area contributed by atoms with Gasteiger partial charge in [0.25, 0.3) is 0 Å². The van der Waals surface area contributed by atoms with Crippen molar-refractivity contribution >= 4 is 5.78 Å². The highest BCUT2D eigenvalue weighted by Gasteiger charge is 2.16. The predicted molar refractivity (Wildman–Crippen MR) is 56.4 cm³/mol. The lowest BCUT2D eigenvalue weighted by Crippen LogP contribution is -2.18. The summed E-state index contributed by atoms with van der Waals surface area (Å²) >= 11 is 0. The first-order valence-electron chi connectivity index (χ1n) is 5.67. The molecule has 0 aromatic carbocycles. The second-order valence-corrected chi connectivity index (χ2v) is 3.82. The molecule has 1 heterocycles. The molecule has 0 saturated carbocycles. The summed E-state index contributed by atoms with van der Waals surface area (Å²) in [5, 5.41) is 3.16. The molecule has 0 aromatic rings. The van der Waals surface area contributed by atoms with Crippen LogP contribution in [-0.2, 0) is 9.53 Å². The fourth-order valence-electron chi connectivity index (χ4n) is 1.72. The van der Waals surface area contributed by atoms with Gasteiger partial charge in [0.1, 0.15) is 5.78 Å². The molecule has 0 aliphatic carbocycles. The van der Waals surface area contributed by atoms with Gasteiger partial charge in [-0.05, 0) is 25.8 Å². The van der Waals surface area contributed by atoms with Gasteiger partial charge in [0, 0.05) is 26.0 Å². The van der Waals surface area contributed by atoms with Gasteiger partial charge in [0.2, 0.25) is 0 Å². The topological polar surface area (TPSA) is 38.3 Å². The van der Waals surface area contributed by atoms with Crippen LogP contribution < -0.4 is 5.32 Å². The first kappa shape index (κ1) is 11.7. The Morgan fingerprint density at radius 3 is 3.00 bits per heavy atom. The van der Waals surface area contributed by atoms with Crippen molar-refractivity contribution in [3.63, 3.8) is 0 Å². The lowest BCUT2D eigenvalue weighted by molar-refractivity contribution is -0.119. The molecule has 1 aliphatic rings. The van der Waals surface area contributed by atoms with Crippen molar-refractivity contribution in [2.24, 2.45) is 0 Å². The fraction of sp³-hybridized carbons (Fsp3) is 0.909. The van der Waals surface area contributed by atoms with E-state index in [-0.39, 0.29) is 0 Å². The van der Waals surface area contributed by atoms with E-state index in [0.29, 0.717) is 24.7 Å². The number of carbonyl (C=O) groups is 1. The molecule has 3 nitrogen and oxygen atoms in total. The van der Waals surface area contributed by atoms with E-state index >= 15 is 0 Å². The third-order valence-electron chi connectivity index (χ3n) is 2.60. The van der Waals surface area contributed by atoms with E-state index in [1.807, 2.05) is 0 Å². The Balaban J connectivity index is 1.96. The average Bonchev–Trinajstić information content (AvgIpc) is 2.68. The average molecular weight is 199 g/mol. The number of hydrogen-bond donors (Lipinski definition) is 1. The zero-order valence-electron chi connectivity index (χ0n) is 9.05. The van der Waals surface area contributed by atoms with Crippen molar-refractivity contribution in [2.45, 2.75) is 45.1 Å². The molecule has 1 atom stereocenters. The number of rotatable bonds is 7. The van der Waals surface area contributed by atoms with Crippen LogP contribution >= 0.6 is 0 Å². The molecule has 82 valence electrons. The fourth-order valence-corrected chi connectivity index (χ4v) is 1.72. The van der Waals surface area contributed by atoms with Crippen LogP contribution in [-0.4, -0.2) is 31.6 Å². The summed E-state index contributed by atoms with van der Waals surface area (Å²) in [5.74, 6) is 0.362. The second-order valence-electron chi connectivity index (χ2n) is 3.82. The first-order valence-corrected chi connectivity index (χ1v) is 5.67. The number of carbonyl (C=O) groups excluding carboxylic acids is 1. The molecule has 0 amide bonds. The van der Waals surface area contributed by atoms with Gasteiger partial charge in [-0.15, -0.1) is 0 Å². The Labute approximate surface area is 86.2 Å². The smallest absolute Gasteiger partial charge is 0.134 e. The van der Waals surface area contributed by atoms with E-state index < -0.39 is 0 Å². The largest absolute Gasteiger partial charge is 0.378 e. The van der Waals surface area contributed by atoms with Crippen LogP contribution in [0.2, 0.25) is 0 Å². The summed E-state index contributed by atoms with van der Waals surface area (Å²) < 4.78 is 5.46. The number of hydrogen-bond acceptors (Lipinski definition) is 3. The standard InChI is InChI=1S/C11H21NO2/c1-2-12-8-7-10(13)5-6-11-4-3-9-14-11/h11-12H,2-9H2,1H3. The quantitative estimate of drug-likeness (QED) is 0.632. The summed E-state index contributed by atoms with van der Waals surface area (Å²) in [6, 6.07) is 0. The highest BCUT2D eigenvalue weighted by atomic mass is 16.5. The molecule has 0 spiro atoms. The third kappa shape index (κ3) is 4.72. The van der Waals surface area contributed by atoms with Crippen LogP contribution in [0.4, 0.5) is 0 Å². The van der Waals surface area contributed by atoms with Gasteiger partial charge in [-0.1, -0.05) is 6.92 Å². The summed E-state index contributed by atoms with van der Waals surface area (Å²) in [7, 11) is 0. The first-order chi connectivity index (χ1) is 6.83. The molecule has 1 N–H and O–H groups in total. The molecule has 1 unspecified atom stereocenters. The van der Waals surface area contributed by atoms with Crippen molar-refractivity contribution in [2.75, 3.05) is 19.7 Å². The molecule has 1 fully saturated rings. The normalized spacial score (nSPS) is 21.4. The summed E-state index contributed by atoms with van der Waals surface area (Å²) in [6.07, 6.45) is 4.94. The Kier molecular flexibility index (Phi) is 5.80. The van der Waals surface area contributed by atoms with Gasteiger partial charge < -0.3 is 10.1 Å². The Bertz CT molecular complexity index is 165. The summed E-state index contributed by atoms with van der Waals surface area (Å²) in [4.78, 5) is 11.4. The van der Waals surface area contributed by atoms with Crippen LogP contribution in [0.15, 0.2) is 0 Å². The number of ether oxygens (including phenoxy) is 1. The molecule has 0 aromatic heterocycles. The summed E-state index contributed by atoms with van der Waals surface area (Å²) in [6.45, 7) is 4.70. The SMILES string of the molecule is CCNCCC(=O)CCC1CCCO1. The van der Waals surface area contributed by atoms with Crippen LogP contribution in [0.5, 0.6) is 0 Å². The van der Waals surface area contributed by atoms with Crippen molar-refractivity contribution in [3.05, 3.63) is 0 Å². The van der Waals surface area contributed by atoms with Gasteiger partial charge in [0.15, 0.2) is 0 Å². The minimum Gasteiger partial charge on any atom is -0.378 e. The van der Waals surface area contributed by atoms with Gasteiger partial charge >= 0.3 is 0 Å². The maximum atomic E-state index is 11.4. The Morgan fingerprint density at radius 2 is 2.36 bits per heavy atom. The highest BCUT2D eigenvalue weighted by molar-refractivity contribution is 5.78. The highest BCUT2D eigenvalue weighted by Crippen LogP contribution is 2.17. The second kappa shape index (κ2) is 6.96. The van der Waals surface area contributed by atoms with Gasteiger partial charge in [0.05, 0.1) is 6.10 Å². The van der Waals surface area contributed by atoms with Crippen molar-refractivity contribution < 1.29 is 9.53 Å². The molecular weight excluding hydrogens is 178 g/mol. The third-order valence-corrected chi connectivity index (χ3v) is 2.60. The zero-order chi connectivity index (χ0) is 10.2. The van der Waals surface area contributed by atoms with E-state index in [2.05, 4.69) is 12.2 Å². The van der Waals surface area contributed by atoms with Crippen LogP contribution in [0.3, 0.4) is 0 Å². The maximum absolute atomic E-state index is 11.4. The predicted octanol–water partition coefficient (Wildman–Crippen LogP) is 1.51. The minimum absolute atomic E-state index is 0.359. The minimum atomic E-state index is 0.359. The molecular formula is C11H21NO2. The lowest BCUT2D eigenvalue weighted by Gasteiger charge is -2.07. The zero-order valence-corrected chi connectivity index (χ0v) is 9.05. The molecule has 0 bridgehead atoms. The van der Waals surface area contributed by atoms with Crippen LogP contribution in [0.25, 0.3) is 0 Å². The van der Waals surface area contributed by atoms with Crippen LogP contribution in [0.1, 0.15) is 39.0 Å². The van der Waals surface area contributed by atoms with Crippen molar-refractivity contribution in [1.82, 2.24) is 5.32 Å². The monoisotopic (exact) mass is 199 g/mol. The van der Waals surface area contributed by atoms with Gasteiger partial charge in [-0.25, -0.2) is 0 Å². The van der Waals surface area contributed by atoms with Gasteiger partial charge in [-0.3, -0.25) is 4.79 Å². The Hall–Kier alpha value is -0.410. The van der Waals surface area contributed by atoms with E-state index in [1.165, 1.54) is 0 Å². The molecule has 1 aliphatic heterocycles. The lowest BCUT2D eigenvalue weighted by atomic mass is 10.1. The summed E-state index contributed by atoms with van der Waals surface area (Å²) in [5.41, 5.74) is 0. The number of Topliss-reactive ketones (excluding diaryl/α,β-unsaturated/α-hetero) is 1. The maximum Gasteiger partial charge on any atom is 0.134 e. The van der Waals surface area contributed by atoms with Crippen molar-refractivity contribution in [3.8, 4) is 0 Å². The molecule has 14 heavy (non-hydrogen) atoms. The van der Waals surface area contributed by atoms with E-state index in [0.717, 1.165) is 39.0 Å². The van der Waals surface area contributed by atoms with E-state index in [4.69, 9.17) is 4.74 Å². The Morgan fingerprint density at radius 1 is 1.50 bits per heavy atom. The van der Waals surface area contributed by atoms with E-state index in [9.17, 15) is 4.79 Å². The molecule has 1 saturated heterocycles. The van der Waals surface area contributed by atoms with Crippen molar-refractivity contribution in [1.29, 1.82) is 0 Å².